The highest BCUT2D eigenvalue weighted by Crippen LogP contribution is 2.11. The fourth-order valence-electron chi connectivity index (χ4n) is 0.746. The van der Waals surface area contributed by atoms with E-state index in [1.807, 2.05) is 0 Å². The third kappa shape index (κ3) is 1.49. The maximum Gasteiger partial charge on any atom is 0.0174 e. The van der Waals surface area contributed by atoms with Crippen LogP contribution in [0, 0.1) is 0 Å². The van der Waals surface area contributed by atoms with E-state index in [0.717, 1.165) is 24.5 Å². The molecule has 0 saturated carbocycles. The molecule has 0 atom stereocenters. The van der Waals surface area contributed by atoms with E-state index in [-0.39, 0.29) is 0 Å². The van der Waals surface area contributed by atoms with Gasteiger partial charge in [0.2, 0.25) is 0 Å². The van der Waals surface area contributed by atoms with Crippen molar-refractivity contribution in [1.29, 1.82) is 0 Å². The van der Waals surface area contributed by atoms with Crippen molar-refractivity contribution < 1.29 is 0 Å². The van der Waals surface area contributed by atoms with Gasteiger partial charge in [0, 0.05) is 18.1 Å². The van der Waals surface area contributed by atoms with Crippen LogP contribution >= 0.6 is 11.6 Å². The Bertz CT molecular complexity index is 109. The van der Waals surface area contributed by atoms with E-state index in [4.69, 9.17) is 11.6 Å². The fourth-order valence-corrected chi connectivity index (χ4v) is 0.899. The monoisotopic (exact) mass is 131 g/mol. The predicted octanol–water partition coefficient (Wildman–Crippen LogP) is 1.44. The van der Waals surface area contributed by atoms with Crippen molar-refractivity contribution in [3.05, 3.63) is 11.1 Å². The van der Waals surface area contributed by atoms with Crippen LogP contribution in [-0.2, 0) is 0 Å². The van der Waals surface area contributed by atoms with Crippen LogP contribution in [-0.4, -0.2) is 25.0 Å². The summed E-state index contributed by atoms with van der Waals surface area (Å²) in [5.74, 6) is 0. The summed E-state index contributed by atoms with van der Waals surface area (Å²) in [6, 6.07) is 0. The molecule has 0 spiro atoms. The van der Waals surface area contributed by atoms with Gasteiger partial charge in [0.25, 0.3) is 0 Å². The summed E-state index contributed by atoms with van der Waals surface area (Å²) in [6.45, 7) is 2.12. The topological polar surface area (TPSA) is 3.24 Å². The molecule has 0 radical (unpaired) electrons. The third-order valence-corrected chi connectivity index (χ3v) is 1.70. The first kappa shape index (κ1) is 6.12. The van der Waals surface area contributed by atoms with Gasteiger partial charge >= 0.3 is 0 Å². The minimum atomic E-state index is 1.01. The minimum absolute atomic E-state index is 1.01. The highest BCUT2D eigenvalue weighted by molar-refractivity contribution is 6.29. The van der Waals surface area contributed by atoms with Crippen LogP contribution in [0.25, 0.3) is 0 Å². The number of hydrogen-bond donors (Lipinski definition) is 0. The molecule has 0 fully saturated rings. The molecular weight excluding hydrogens is 122 g/mol. The van der Waals surface area contributed by atoms with Gasteiger partial charge in [-0.25, -0.2) is 0 Å². The molecule has 0 saturated heterocycles. The first-order valence-corrected chi connectivity index (χ1v) is 3.20. The number of rotatable bonds is 0. The Morgan fingerprint density at radius 2 is 2.50 bits per heavy atom. The Morgan fingerprint density at radius 3 is 2.88 bits per heavy atom. The maximum absolute atomic E-state index is 5.72. The van der Waals surface area contributed by atoms with E-state index < -0.39 is 0 Å². The summed E-state index contributed by atoms with van der Waals surface area (Å²) in [5, 5.41) is 1.02. The third-order valence-electron chi connectivity index (χ3n) is 1.36. The van der Waals surface area contributed by atoms with Gasteiger partial charge in [0.1, 0.15) is 0 Å². The van der Waals surface area contributed by atoms with Gasteiger partial charge in [-0.1, -0.05) is 17.7 Å². The molecule has 46 valence electrons. The van der Waals surface area contributed by atoms with Crippen molar-refractivity contribution in [2.75, 3.05) is 20.1 Å². The van der Waals surface area contributed by atoms with Crippen LogP contribution in [0.1, 0.15) is 6.42 Å². The molecule has 0 aromatic carbocycles. The van der Waals surface area contributed by atoms with Gasteiger partial charge in [0.05, 0.1) is 0 Å². The van der Waals surface area contributed by atoms with E-state index in [0.29, 0.717) is 0 Å². The molecule has 1 heterocycles. The molecule has 0 unspecified atom stereocenters. The summed E-state index contributed by atoms with van der Waals surface area (Å²) in [6.07, 6.45) is 3.09. The molecule has 0 aromatic heterocycles. The Balaban J connectivity index is 2.42. The zero-order valence-corrected chi connectivity index (χ0v) is 5.78. The van der Waals surface area contributed by atoms with E-state index >= 15 is 0 Å². The summed E-state index contributed by atoms with van der Waals surface area (Å²) < 4.78 is 0. The second-order valence-electron chi connectivity index (χ2n) is 2.16. The minimum Gasteiger partial charge on any atom is -0.302 e. The lowest BCUT2D eigenvalue weighted by molar-refractivity contribution is 0.363. The van der Waals surface area contributed by atoms with Crippen molar-refractivity contribution in [2.24, 2.45) is 0 Å². The van der Waals surface area contributed by atoms with Gasteiger partial charge in [-0.3, -0.25) is 0 Å². The predicted molar refractivity (Wildman–Crippen MR) is 36.0 cm³/mol. The lowest BCUT2D eigenvalue weighted by Gasteiger charge is -2.18. The summed E-state index contributed by atoms with van der Waals surface area (Å²) in [5.41, 5.74) is 0. The molecule has 1 rings (SSSR count). The van der Waals surface area contributed by atoms with Gasteiger partial charge in [-0.15, -0.1) is 0 Å². The molecule has 8 heavy (non-hydrogen) atoms. The maximum atomic E-state index is 5.72. The summed E-state index contributed by atoms with van der Waals surface area (Å²) >= 11 is 5.72. The van der Waals surface area contributed by atoms with Crippen molar-refractivity contribution in [3.63, 3.8) is 0 Å². The van der Waals surface area contributed by atoms with Crippen molar-refractivity contribution in [1.82, 2.24) is 4.90 Å². The van der Waals surface area contributed by atoms with E-state index in [2.05, 4.69) is 18.0 Å². The zero-order valence-electron chi connectivity index (χ0n) is 5.02. The molecule has 1 aliphatic rings. The van der Waals surface area contributed by atoms with Crippen molar-refractivity contribution in [3.8, 4) is 0 Å². The van der Waals surface area contributed by atoms with Gasteiger partial charge in [-0.05, 0) is 13.5 Å². The van der Waals surface area contributed by atoms with E-state index in [1.54, 1.807) is 0 Å². The van der Waals surface area contributed by atoms with Crippen LogP contribution in [0.4, 0.5) is 0 Å². The molecule has 0 N–H and O–H groups in total. The lowest BCUT2D eigenvalue weighted by Crippen LogP contribution is -2.22. The van der Waals surface area contributed by atoms with Crippen LogP contribution in [0.15, 0.2) is 11.1 Å². The molecule has 0 aromatic rings. The van der Waals surface area contributed by atoms with Crippen LogP contribution in [0.2, 0.25) is 0 Å². The smallest absolute Gasteiger partial charge is 0.0174 e. The molecule has 1 nitrogen and oxygen atoms in total. The van der Waals surface area contributed by atoms with Gasteiger partial charge < -0.3 is 4.90 Å². The number of nitrogens with zero attached hydrogens (tertiary/aromatic N) is 1. The van der Waals surface area contributed by atoms with Crippen molar-refractivity contribution >= 4 is 11.6 Å². The molecule has 2 heteroatoms. The highest BCUT2D eigenvalue weighted by Gasteiger charge is 2.03. The summed E-state index contributed by atoms with van der Waals surface area (Å²) in [4.78, 5) is 2.24. The quantitative estimate of drug-likeness (QED) is 0.481. The second-order valence-corrected chi connectivity index (χ2v) is 2.65. The Morgan fingerprint density at radius 1 is 1.75 bits per heavy atom. The molecule has 1 aliphatic heterocycles. The normalized spacial score (nSPS) is 23.0. The Labute approximate surface area is 54.9 Å². The second kappa shape index (κ2) is 2.51. The van der Waals surface area contributed by atoms with E-state index in [1.165, 1.54) is 0 Å². The van der Waals surface area contributed by atoms with Gasteiger partial charge in [-0.2, -0.15) is 0 Å². The average Bonchev–Trinajstić information content (AvgIpc) is 1.77. The standard InChI is InChI=1S/C6H10ClN/c1-8-4-2-6(7)3-5-8/h2H,3-5H2,1H3. The first-order chi connectivity index (χ1) is 3.79. The number of likely N-dealkylation sites (N-methyl/N-ethyl adjacent to an activating group) is 1. The molecule has 0 aliphatic carbocycles. The molecule has 0 bridgehead atoms. The first-order valence-electron chi connectivity index (χ1n) is 2.82. The SMILES string of the molecule is CN1CC=C(Cl)CC1. The zero-order chi connectivity index (χ0) is 5.98. The Kier molecular flexibility index (Phi) is 1.92. The van der Waals surface area contributed by atoms with E-state index in [9.17, 15) is 0 Å². The molecule has 0 amide bonds. The molecular formula is C6H10ClN. The largest absolute Gasteiger partial charge is 0.302 e. The average molecular weight is 132 g/mol. The van der Waals surface area contributed by atoms with Gasteiger partial charge in [0.15, 0.2) is 0 Å². The fraction of sp³-hybridized carbons (Fsp3) is 0.667. The van der Waals surface area contributed by atoms with Crippen LogP contribution < -0.4 is 0 Å². The number of hydrogen-bond acceptors (Lipinski definition) is 1. The van der Waals surface area contributed by atoms with Crippen LogP contribution in [0.3, 0.4) is 0 Å². The van der Waals surface area contributed by atoms with Crippen LogP contribution in [0.5, 0.6) is 0 Å². The summed E-state index contributed by atoms with van der Waals surface area (Å²) in [7, 11) is 2.10. The Hall–Kier alpha value is -0.0100. The van der Waals surface area contributed by atoms with Crippen molar-refractivity contribution in [2.45, 2.75) is 6.42 Å². The number of halogens is 1. The highest BCUT2D eigenvalue weighted by atomic mass is 35.5. The lowest BCUT2D eigenvalue weighted by atomic mass is 10.3.